The smallest absolute Gasteiger partial charge is 0.312 e. The number of amides is 2. The van der Waals surface area contributed by atoms with Crippen LogP contribution >= 0.6 is 0 Å². The lowest BCUT2D eigenvalue weighted by Gasteiger charge is -2.36. The van der Waals surface area contributed by atoms with Gasteiger partial charge in [0.15, 0.2) is 0 Å². The number of para-hydroxylation sites is 2. The van der Waals surface area contributed by atoms with Crippen LogP contribution in [0.1, 0.15) is 18.5 Å². The molecule has 2 aromatic rings. The van der Waals surface area contributed by atoms with E-state index in [-0.39, 0.29) is 6.04 Å². The topological polar surface area (TPSA) is 61.9 Å². The Bertz CT molecular complexity index is 786. The van der Waals surface area contributed by atoms with Crippen LogP contribution in [-0.2, 0) is 9.59 Å². The van der Waals surface area contributed by atoms with Crippen LogP contribution in [0.25, 0.3) is 0 Å². The molecule has 0 spiro atoms. The van der Waals surface area contributed by atoms with Crippen LogP contribution in [0, 0.1) is 0 Å². The summed E-state index contributed by atoms with van der Waals surface area (Å²) in [6.45, 7) is 4.20. The number of carbonyl (C=O) groups is 2. The fraction of sp³-hybridized carbons (Fsp3) is 0.333. The summed E-state index contributed by atoms with van der Waals surface area (Å²) in [6.07, 6.45) is 0. The molecule has 1 saturated heterocycles. The van der Waals surface area contributed by atoms with Gasteiger partial charge in [-0.1, -0.05) is 42.5 Å². The van der Waals surface area contributed by atoms with E-state index in [1.54, 1.807) is 12.0 Å². The van der Waals surface area contributed by atoms with Crippen LogP contribution in [0.15, 0.2) is 54.6 Å². The third kappa shape index (κ3) is 4.39. The Balaban J connectivity index is 1.56. The first-order valence-corrected chi connectivity index (χ1v) is 9.13. The van der Waals surface area contributed by atoms with E-state index in [1.807, 2.05) is 61.5 Å². The molecule has 0 aliphatic carbocycles. The largest absolute Gasteiger partial charge is 0.495 e. The molecule has 6 heteroatoms. The minimum atomic E-state index is -0.558. The quantitative estimate of drug-likeness (QED) is 0.842. The minimum Gasteiger partial charge on any atom is -0.495 e. The molecule has 0 aromatic heterocycles. The van der Waals surface area contributed by atoms with Crippen molar-refractivity contribution in [1.29, 1.82) is 0 Å². The summed E-state index contributed by atoms with van der Waals surface area (Å²) >= 11 is 0. The molecule has 27 heavy (non-hydrogen) atoms. The lowest BCUT2D eigenvalue weighted by Crippen LogP contribution is -2.53. The van der Waals surface area contributed by atoms with E-state index in [0.29, 0.717) is 26.2 Å². The van der Waals surface area contributed by atoms with Crippen molar-refractivity contribution >= 4 is 17.5 Å². The summed E-state index contributed by atoms with van der Waals surface area (Å²) < 4.78 is 5.41. The van der Waals surface area contributed by atoms with Gasteiger partial charge in [-0.2, -0.15) is 0 Å². The standard InChI is InChI=1S/C21H25N3O3/c1-16(17-8-4-3-5-9-17)22-20(25)21(26)24-14-12-23(13-15-24)18-10-6-7-11-19(18)27-2/h3-11,16H,12-15H2,1-2H3,(H,22,25). The Morgan fingerprint density at radius 2 is 1.59 bits per heavy atom. The maximum Gasteiger partial charge on any atom is 0.312 e. The predicted molar refractivity (Wildman–Crippen MR) is 105 cm³/mol. The van der Waals surface area contributed by atoms with Crippen molar-refractivity contribution in [2.75, 3.05) is 38.2 Å². The normalized spacial score (nSPS) is 15.2. The molecule has 0 bridgehead atoms. The Hall–Kier alpha value is -3.02. The van der Waals surface area contributed by atoms with E-state index in [2.05, 4.69) is 10.2 Å². The lowest BCUT2D eigenvalue weighted by molar-refractivity contribution is -0.146. The first-order valence-electron chi connectivity index (χ1n) is 9.13. The van der Waals surface area contributed by atoms with E-state index in [0.717, 1.165) is 17.0 Å². The molecule has 0 saturated carbocycles. The average molecular weight is 367 g/mol. The number of carbonyl (C=O) groups excluding carboxylic acids is 2. The molecule has 1 N–H and O–H groups in total. The minimum absolute atomic E-state index is 0.211. The van der Waals surface area contributed by atoms with E-state index in [4.69, 9.17) is 4.74 Å². The van der Waals surface area contributed by atoms with Crippen molar-refractivity contribution in [3.8, 4) is 5.75 Å². The molecule has 0 radical (unpaired) electrons. The highest BCUT2D eigenvalue weighted by molar-refractivity contribution is 6.35. The van der Waals surface area contributed by atoms with Gasteiger partial charge in [0.1, 0.15) is 5.75 Å². The third-order valence-electron chi connectivity index (χ3n) is 4.83. The molecule has 6 nitrogen and oxygen atoms in total. The lowest BCUT2D eigenvalue weighted by atomic mass is 10.1. The average Bonchev–Trinajstić information content (AvgIpc) is 2.73. The van der Waals surface area contributed by atoms with E-state index >= 15 is 0 Å². The molecule has 1 fully saturated rings. The number of piperazine rings is 1. The molecule has 1 aliphatic heterocycles. The maximum atomic E-state index is 12.5. The molecule has 1 unspecified atom stereocenters. The highest BCUT2D eigenvalue weighted by Gasteiger charge is 2.27. The molecular weight excluding hydrogens is 342 g/mol. The molecule has 1 atom stereocenters. The van der Waals surface area contributed by atoms with Gasteiger partial charge in [0, 0.05) is 26.2 Å². The highest BCUT2D eigenvalue weighted by Crippen LogP contribution is 2.28. The summed E-state index contributed by atoms with van der Waals surface area (Å²) in [5.74, 6) is -0.221. The van der Waals surface area contributed by atoms with E-state index < -0.39 is 11.8 Å². The second-order valence-corrected chi connectivity index (χ2v) is 6.56. The zero-order valence-corrected chi connectivity index (χ0v) is 15.7. The number of hydrogen-bond donors (Lipinski definition) is 1. The van der Waals surface area contributed by atoms with Crippen LogP contribution in [0.5, 0.6) is 5.75 Å². The van der Waals surface area contributed by atoms with Crippen molar-refractivity contribution in [1.82, 2.24) is 10.2 Å². The second kappa shape index (κ2) is 8.58. The summed E-state index contributed by atoms with van der Waals surface area (Å²) in [7, 11) is 1.65. The van der Waals surface area contributed by atoms with Gasteiger partial charge in [-0.25, -0.2) is 0 Å². The SMILES string of the molecule is COc1ccccc1N1CCN(C(=O)C(=O)NC(C)c2ccccc2)CC1. The summed E-state index contributed by atoms with van der Waals surface area (Å²) in [6, 6.07) is 17.2. The fourth-order valence-electron chi connectivity index (χ4n) is 3.27. The molecule has 142 valence electrons. The van der Waals surface area contributed by atoms with Crippen LogP contribution in [0.2, 0.25) is 0 Å². The van der Waals surface area contributed by atoms with Gasteiger partial charge >= 0.3 is 11.8 Å². The monoisotopic (exact) mass is 367 g/mol. The molecule has 1 heterocycles. The molecule has 2 amide bonds. The van der Waals surface area contributed by atoms with Crippen molar-refractivity contribution < 1.29 is 14.3 Å². The van der Waals surface area contributed by atoms with Crippen molar-refractivity contribution in [2.24, 2.45) is 0 Å². The van der Waals surface area contributed by atoms with Crippen LogP contribution in [-0.4, -0.2) is 50.0 Å². The molecule has 1 aliphatic rings. The highest BCUT2D eigenvalue weighted by atomic mass is 16.5. The number of anilines is 1. The fourth-order valence-corrected chi connectivity index (χ4v) is 3.27. The first-order chi connectivity index (χ1) is 13.1. The second-order valence-electron chi connectivity index (χ2n) is 6.56. The summed E-state index contributed by atoms with van der Waals surface area (Å²) in [5.41, 5.74) is 1.98. The Morgan fingerprint density at radius 3 is 2.26 bits per heavy atom. The van der Waals surface area contributed by atoms with Crippen molar-refractivity contribution in [3.63, 3.8) is 0 Å². The van der Waals surface area contributed by atoms with Crippen LogP contribution < -0.4 is 15.0 Å². The van der Waals surface area contributed by atoms with Gasteiger partial charge in [0.05, 0.1) is 18.8 Å². The predicted octanol–water partition coefficient (Wildman–Crippen LogP) is 2.22. The van der Waals surface area contributed by atoms with Gasteiger partial charge in [-0.15, -0.1) is 0 Å². The first kappa shape index (κ1) is 18.8. The van der Waals surface area contributed by atoms with E-state index in [1.165, 1.54) is 0 Å². The molecule has 3 rings (SSSR count). The number of benzene rings is 2. The van der Waals surface area contributed by atoms with Gasteiger partial charge < -0.3 is 19.9 Å². The zero-order valence-electron chi connectivity index (χ0n) is 15.7. The van der Waals surface area contributed by atoms with Crippen LogP contribution in [0.4, 0.5) is 5.69 Å². The number of methoxy groups -OCH3 is 1. The Kier molecular flexibility index (Phi) is 5.96. The van der Waals surface area contributed by atoms with Gasteiger partial charge in [0.25, 0.3) is 0 Å². The summed E-state index contributed by atoms with van der Waals surface area (Å²) in [4.78, 5) is 28.6. The Morgan fingerprint density at radius 1 is 0.963 bits per heavy atom. The van der Waals surface area contributed by atoms with Gasteiger partial charge in [-0.3, -0.25) is 9.59 Å². The Labute approximate surface area is 159 Å². The van der Waals surface area contributed by atoms with Crippen molar-refractivity contribution in [3.05, 3.63) is 60.2 Å². The van der Waals surface area contributed by atoms with Gasteiger partial charge in [0.2, 0.25) is 0 Å². The molecular formula is C21H25N3O3. The molecule has 2 aromatic carbocycles. The van der Waals surface area contributed by atoms with Crippen molar-refractivity contribution in [2.45, 2.75) is 13.0 Å². The van der Waals surface area contributed by atoms with Crippen LogP contribution in [0.3, 0.4) is 0 Å². The number of ether oxygens (including phenoxy) is 1. The number of rotatable bonds is 4. The number of nitrogens with one attached hydrogen (secondary N) is 1. The zero-order chi connectivity index (χ0) is 19.2. The van der Waals surface area contributed by atoms with E-state index in [9.17, 15) is 9.59 Å². The number of nitrogens with zero attached hydrogens (tertiary/aromatic N) is 2. The third-order valence-corrected chi connectivity index (χ3v) is 4.83. The van der Waals surface area contributed by atoms with Gasteiger partial charge in [-0.05, 0) is 24.6 Å². The maximum absolute atomic E-state index is 12.5. The number of hydrogen-bond acceptors (Lipinski definition) is 4. The summed E-state index contributed by atoms with van der Waals surface area (Å²) in [5, 5.41) is 2.79.